The number of benzene rings is 1. The largest absolute Gasteiger partial charge is 0.493 e. The Morgan fingerprint density at radius 3 is 1.38 bits per heavy atom. The minimum atomic E-state index is -4.12. The molecule has 0 fully saturated rings. The summed E-state index contributed by atoms with van der Waals surface area (Å²) in [7, 11) is -8.25. The normalized spacial score (nSPS) is 11.8. The Hall–Kier alpha value is -2.02. The zero-order valence-corrected chi connectivity index (χ0v) is 15.2. The Morgan fingerprint density at radius 1 is 0.769 bits per heavy atom. The van der Waals surface area contributed by atoms with Crippen LogP contribution in [0.25, 0.3) is 0 Å². The van der Waals surface area contributed by atoms with Gasteiger partial charge in [-0.1, -0.05) is 0 Å². The van der Waals surface area contributed by atoms with Gasteiger partial charge in [-0.25, -0.2) is 0 Å². The fraction of sp³-hybridized carbons (Fsp3) is 0.429. The summed E-state index contributed by atoms with van der Waals surface area (Å²) < 4.78 is 70.3. The molecule has 146 valence electrons. The van der Waals surface area contributed by atoms with Gasteiger partial charge in [0.15, 0.2) is 12.6 Å². The molecule has 0 saturated carbocycles. The summed E-state index contributed by atoms with van der Waals surface area (Å²) in [5, 5.41) is 0. The van der Waals surface area contributed by atoms with Gasteiger partial charge in [-0.15, -0.1) is 0 Å². The average molecular weight is 410 g/mol. The highest BCUT2D eigenvalue weighted by atomic mass is 32.2. The van der Waals surface area contributed by atoms with Gasteiger partial charge in [0.2, 0.25) is 0 Å². The molecule has 0 unspecified atom stereocenters. The maximum absolute atomic E-state index is 11.2. The second kappa shape index (κ2) is 9.62. The molecule has 0 aliphatic carbocycles. The highest BCUT2D eigenvalue weighted by molar-refractivity contribution is 7.86. The quantitative estimate of drug-likeness (QED) is 0.284. The molecule has 0 aliphatic rings. The van der Waals surface area contributed by atoms with Gasteiger partial charge < -0.3 is 9.47 Å². The summed E-state index contributed by atoms with van der Waals surface area (Å²) in [4.78, 5) is 22.3. The van der Waals surface area contributed by atoms with Crippen LogP contribution < -0.4 is 9.47 Å². The maximum atomic E-state index is 11.2. The third-order valence-electron chi connectivity index (χ3n) is 3.00. The molecule has 0 atom stereocenters. The van der Waals surface area contributed by atoms with E-state index in [1.165, 1.54) is 12.1 Å². The lowest BCUT2D eigenvalue weighted by Gasteiger charge is -2.13. The van der Waals surface area contributed by atoms with Crippen LogP contribution in [0.1, 0.15) is 33.6 Å². The first-order chi connectivity index (χ1) is 12.1. The number of hydrogen-bond donors (Lipinski definition) is 2. The molecule has 0 radical (unpaired) electrons. The van der Waals surface area contributed by atoms with Crippen LogP contribution in [0, 0.1) is 0 Å². The van der Waals surface area contributed by atoms with E-state index in [9.17, 15) is 26.4 Å². The highest BCUT2D eigenvalue weighted by Crippen LogP contribution is 2.27. The van der Waals surface area contributed by atoms with Gasteiger partial charge in [-0.2, -0.15) is 16.8 Å². The van der Waals surface area contributed by atoms with Crippen LogP contribution >= 0.6 is 0 Å². The number of carbonyl (C=O) groups is 2. The fourth-order valence-electron chi connectivity index (χ4n) is 1.87. The third-order valence-corrected chi connectivity index (χ3v) is 4.61. The lowest BCUT2D eigenvalue weighted by atomic mass is 10.1. The molecule has 12 heteroatoms. The van der Waals surface area contributed by atoms with Crippen LogP contribution in [0.5, 0.6) is 11.5 Å². The fourth-order valence-corrected chi connectivity index (χ4v) is 2.84. The van der Waals surface area contributed by atoms with E-state index < -0.39 is 31.7 Å². The van der Waals surface area contributed by atoms with Crippen LogP contribution in [-0.2, 0) is 20.2 Å². The number of rotatable bonds is 12. The second-order valence-corrected chi connectivity index (χ2v) is 8.28. The first-order valence-electron chi connectivity index (χ1n) is 7.30. The topological polar surface area (TPSA) is 161 Å². The predicted molar refractivity (Wildman–Crippen MR) is 90.3 cm³/mol. The summed E-state index contributed by atoms with van der Waals surface area (Å²) in [5.41, 5.74) is 0.0690. The number of carbonyl (C=O) groups excluding carboxylic acids is 2. The van der Waals surface area contributed by atoms with Crippen molar-refractivity contribution in [3.05, 3.63) is 23.3 Å². The van der Waals surface area contributed by atoms with E-state index in [2.05, 4.69) is 0 Å². The Morgan fingerprint density at radius 2 is 1.12 bits per heavy atom. The molecule has 0 heterocycles. The molecule has 1 aromatic carbocycles. The van der Waals surface area contributed by atoms with Crippen molar-refractivity contribution in [1.82, 2.24) is 0 Å². The Labute approximate surface area is 150 Å². The smallest absolute Gasteiger partial charge is 0.264 e. The third kappa shape index (κ3) is 8.38. The molecule has 0 aliphatic heterocycles. The monoisotopic (exact) mass is 410 g/mol. The average Bonchev–Trinajstić information content (AvgIpc) is 2.53. The van der Waals surface area contributed by atoms with Crippen molar-refractivity contribution in [2.45, 2.75) is 12.8 Å². The SMILES string of the molecule is O=Cc1cc(OCCCS(=O)(=O)O)c(C=O)cc1OCCCS(=O)(=O)O. The van der Waals surface area contributed by atoms with Crippen LogP contribution in [0.4, 0.5) is 0 Å². The molecule has 0 spiro atoms. The van der Waals surface area contributed by atoms with E-state index in [-0.39, 0.29) is 48.7 Å². The standard InChI is InChI=1S/C14H18O10S2/c15-9-11-8-14(24-4-2-6-26(20,21)22)12(10-16)7-13(11)23-3-1-5-25(17,18)19/h7-10H,1-6H2,(H,17,18,19)(H,20,21,22). The second-order valence-electron chi connectivity index (χ2n) is 5.14. The maximum Gasteiger partial charge on any atom is 0.264 e. The van der Waals surface area contributed by atoms with Crippen molar-refractivity contribution < 1.29 is 45.0 Å². The van der Waals surface area contributed by atoms with Crippen molar-refractivity contribution in [2.75, 3.05) is 24.7 Å². The van der Waals surface area contributed by atoms with E-state index in [0.29, 0.717) is 12.6 Å². The number of hydrogen-bond acceptors (Lipinski definition) is 8. The van der Waals surface area contributed by atoms with E-state index in [1.54, 1.807) is 0 Å². The summed E-state index contributed by atoms with van der Waals surface area (Å²) >= 11 is 0. The van der Waals surface area contributed by atoms with Crippen LogP contribution in [0.2, 0.25) is 0 Å². The molecular formula is C14H18O10S2. The molecule has 1 aromatic rings. The van der Waals surface area contributed by atoms with E-state index in [1.807, 2.05) is 0 Å². The van der Waals surface area contributed by atoms with Gasteiger partial charge in [0.05, 0.1) is 35.8 Å². The lowest BCUT2D eigenvalue weighted by Crippen LogP contribution is -2.10. The molecule has 0 amide bonds. The summed E-state index contributed by atoms with van der Waals surface area (Å²) in [6, 6.07) is 2.45. The summed E-state index contributed by atoms with van der Waals surface area (Å²) in [5.74, 6) is -0.969. The van der Waals surface area contributed by atoms with Crippen LogP contribution in [0.3, 0.4) is 0 Å². The zero-order valence-electron chi connectivity index (χ0n) is 13.5. The Balaban J connectivity index is 2.79. The van der Waals surface area contributed by atoms with Gasteiger partial charge in [0.25, 0.3) is 20.2 Å². The summed E-state index contributed by atoms with van der Waals surface area (Å²) in [6.45, 7) is -0.235. The van der Waals surface area contributed by atoms with Gasteiger partial charge in [-0.05, 0) is 25.0 Å². The van der Waals surface area contributed by atoms with E-state index in [0.717, 1.165) is 0 Å². The van der Waals surface area contributed by atoms with Gasteiger partial charge in [0, 0.05) is 0 Å². The minimum absolute atomic E-state index is 0.0264. The van der Waals surface area contributed by atoms with Gasteiger partial charge in [-0.3, -0.25) is 18.7 Å². The van der Waals surface area contributed by atoms with Crippen molar-refractivity contribution in [3.8, 4) is 11.5 Å². The van der Waals surface area contributed by atoms with Gasteiger partial charge in [0.1, 0.15) is 11.5 Å². The molecule has 1 rings (SSSR count). The molecule has 10 nitrogen and oxygen atoms in total. The van der Waals surface area contributed by atoms with Crippen LogP contribution in [-0.4, -0.2) is 63.2 Å². The van der Waals surface area contributed by atoms with Gasteiger partial charge >= 0.3 is 0 Å². The summed E-state index contributed by atoms with van der Waals surface area (Å²) in [6.07, 6.45) is 0.832. The number of aldehydes is 2. The Kier molecular flexibility index (Phi) is 8.14. The molecule has 0 saturated heterocycles. The molecule has 0 aromatic heterocycles. The van der Waals surface area contributed by atoms with E-state index >= 15 is 0 Å². The molecule has 2 N–H and O–H groups in total. The van der Waals surface area contributed by atoms with Crippen molar-refractivity contribution in [3.63, 3.8) is 0 Å². The van der Waals surface area contributed by atoms with E-state index in [4.69, 9.17) is 18.6 Å². The first kappa shape index (κ1) is 22.0. The van der Waals surface area contributed by atoms with Crippen molar-refractivity contribution in [2.24, 2.45) is 0 Å². The molecule has 0 bridgehead atoms. The Bertz CT molecular complexity index is 771. The predicted octanol–water partition coefficient (Wildman–Crippen LogP) is 0.625. The first-order valence-corrected chi connectivity index (χ1v) is 10.5. The van der Waals surface area contributed by atoms with Crippen molar-refractivity contribution >= 4 is 32.8 Å². The van der Waals surface area contributed by atoms with Crippen molar-refractivity contribution in [1.29, 1.82) is 0 Å². The lowest BCUT2D eigenvalue weighted by molar-refractivity contribution is 0.110. The minimum Gasteiger partial charge on any atom is -0.493 e. The highest BCUT2D eigenvalue weighted by Gasteiger charge is 2.13. The van der Waals surface area contributed by atoms with Crippen LogP contribution in [0.15, 0.2) is 12.1 Å². The molecule has 26 heavy (non-hydrogen) atoms. The molecular weight excluding hydrogens is 392 g/mol. The number of ether oxygens (including phenoxy) is 2. The zero-order chi connectivity index (χ0) is 19.8.